The minimum Gasteiger partial charge on any atom is -0.495 e. The largest absolute Gasteiger partial charge is 0.495 e. The molecule has 9 heteroatoms. The zero-order valence-corrected chi connectivity index (χ0v) is 19.0. The molecule has 0 saturated heterocycles. The molecular weight excluding hydrogens is 442 g/mol. The molecule has 0 spiro atoms. The fraction of sp³-hybridized carbons (Fsp3) is 0.208. The summed E-state index contributed by atoms with van der Waals surface area (Å²) in [7, 11) is 3.20. The number of anilines is 2. The van der Waals surface area contributed by atoms with Crippen LogP contribution in [0.3, 0.4) is 0 Å². The van der Waals surface area contributed by atoms with Crippen molar-refractivity contribution in [2.24, 2.45) is 7.05 Å². The van der Waals surface area contributed by atoms with Crippen LogP contribution in [0.2, 0.25) is 5.02 Å². The Hall–Kier alpha value is -3.78. The maximum atomic E-state index is 13.3. The standard InChI is InChI=1S/C24H22ClN5O3/c1-27-21-20(22(31)30(24(27)32)12-6-9-16-7-4-3-5-8-16)29-14-13-28(23(29)26-21)17-10-11-19(33-2)18(25)15-17/h3-11,15H,12-14H2,1-2H3. The molecule has 4 aromatic rings. The van der Waals surface area contributed by atoms with Crippen molar-refractivity contribution < 1.29 is 4.74 Å². The molecule has 168 valence electrons. The van der Waals surface area contributed by atoms with Crippen LogP contribution in [-0.2, 0) is 20.1 Å². The molecule has 0 saturated carbocycles. The number of nitrogens with zero attached hydrogens (tertiary/aromatic N) is 5. The number of imidazole rings is 1. The van der Waals surface area contributed by atoms with E-state index in [4.69, 9.17) is 16.3 Å². The second-order valence-electron chi connectivity index (χ2n) is 7.78. The Labute approximate surface area is 194 Å². The number of hydrogen-bond donors (Lipinski definition) is 0. The number of fused-ring (bicyclic) bond motifs is 3. The van der Waals surface area contributed by atoms with Crippen molar-refractivity contribution in [3.8, 4) is 5.75 Å². The molecule has 0 bridgehead atoms. The van der Waals surface area contributed by atoms with E-state index in [-0.39, 0.29) is 12.1 Å². The number of methoxy groups -OCH3 is 1. The van der Waals surface area contributed by atoms with E-state index < -0.39 is 5.69 Å². The summed E-state index contributed by atoms with van der Waals surface area (Å²) in [6.45, 7) is 1.38. The summed E-state index contributed by atoms with van der Waals surface area (Å²) < 4.78 is 9.77. The normalized spacial score (nSPS) is 13.2. The van der Waals surface area contributed by atoms with Gasteiger partial charge in [-0.3, -0.25) is 13.9 Å². The molecule has 5 rings (SSSR count). The van der Waals surface area contributed by atoms with Gasteiger partial charge in [0.2, 0.25) is 5.95 Å². The number of rotatable bonds is 5. The fourth-order valence-electron chi connectivity index (χ4n) is 4.17. The fourth-order valence-corrected chi connectivity index (χ4v) is 4.42. The van der Waals surface area contributed by atoms with Gasteiger partial charge < -0.3 is 14.2 Å². The Kier molecular flexibility index (Phi) is 5.30. The molecule has 1 aliphatic rings. The number of aryl methyl sites for hydroxylation is 1. The summed E-state index contributed by atoms with van der Waals surface area (Å²) in [4.78, 5) is 32.9. The Morgan fingerprint density at radius 3 is 2.64 bits per heavy atom. The first-order valence-corrected chi connectivity index (χ1v) is 10.9. The van der Waals surface area contributed by atoms with Gasteiger partial charge in [-0.15, -0.1) is 0 Å². The molecule has 0 amide bonds. The van der Waals surface area contributed by atoms with Crippen LogP contribution in [-0.4, -0.2) is 32.3 Å². The van der Waals surface area contributed by atoms with Gasteiger partial charge in [-0.1, -0.05) is 54.1 Å². The third-order valence-electron chi connectivity index (χ3n) is 5.85. The highest BCUT2D eigenvalue weighted by atomic mass is 35.5. The topological polar surface area (TPSA) is 74.3 Å². The van der Waals surface area contributed by atoms with E-state index in [1.807, 2.05) is 58.0 Å². The van der Waals surface area contributed by atoms with Gasteiger partial charge in [0.25, 0.3) is 5.56 Å². The van der Waals surface area contributed by atoms with Gasteiger partial charge in [-0.25, -0.2) is 4.79 Å². The lowest BCUT2D eigenvalue weighted by Gasteiger charge is -2.17. The van der Waals surface area contributed by atoms with E-state index in [9.17, 15) is 9.59 Å². The summed E-state index contributed by atoms with van der Waals surface area (Å²) in [5.41, 5.74) is 1.88. The second kappa shape index (κ2) is 8.29. The molecule has 0 fully saturated rings. The zero-order chi connectivity index (χ0) is 23.1. The summed E-state index contributed by atoms with van der Waals surface area (Å²) in [6.07, 6.45) is 3.71. The predicted molar refractivity (Wildman–Crippen MR) is 130 cm³/mol. The average Bonchev–Trinajstić information content (AvgIpc) is 3.40. The maximum Gasteiger partial charge on any atom is 0.332 e. The number of benzene rings is 2. The summed E-state index contributed by atoms with van der Waals surface area (Å²) in [6, 6.07) is 15.2. The molecule has 0 unspecified atom stereocenters. The number of halogens is 1. The molecule has 8 nitrogen and oxygen atoms in total. The first-order chi connectivity index (χ1) is 16.0. The molecule has 0 aliphatic carbocycles. The lowest BCUT2D eigenvalue weighted by molar-refractivity contribution is 0.415. The van der Waals surface area contributed by atoms with E-state index in [0.717, 1.165) is 11.3 Å². The van der Waals surface area contributed by atoms with E-state index in [1.165, 1.54) is 9.13 Å². The molecule has 0 radical (unpaired) electrons. The van der Waals surface area contributed by atoms with Crippen LogP contribution in [0.25, 0.3) is 17.2 Å². The molecule has 0 N–H and O–H groups in total. The minimum atomic E-state index is -0.402. The highest BCUT2D eigenvalue weighted by Gasteiger charge is 2.29. The number of ether oxygens (including phenoxy) is 1. The molecular formula is C24H22ClN5O3. The monoisotopic (exact) mass is 463 g/mol. The minimum absolute atomic E-state index is 0.175. The van der Waals surface area contributed by atoms with Crippen molar-refractivity contribution >= 4 is 40.5 Å². The van der Waals surface area contributed by atoms with Gasteiger partial charge in [0.1, 0.15) is 5.75 Å². The van der Waals surface area contributed by atoms with Crippen molar-refractivity contribution in [3.05, 3.63) is 86.0 Å². The van der Waals surface area contributed by atoms with Gasteiger partial charge in [0, 0.05) is 32.4 Å². The summed E-state index contributed by atoms with van der Waals surface area (Å²) in [5.74, 6) is 1.19. The molecule has 33 heavy (non-hydrogen) atoms. The SMILES string of the molecule is COc1ccc(N2CCn3c2nc2c3c(=O)n(CC=Cc3ccccc3)c(=O)n2C)cc1Cl. The first-order valence-electron chi connectivity index (χ1n) is 10.5. The smallest absolute Gasteiger partial charge is 0.332 e. The van der Waals surface area contributed by atoms with Crippen molar-refractivity contribution in [1.82, 2.24) is 18.7 Å². The highest BCUT2D eigenvalue weighted by molar-refractivity contribution is 6.32. The van der Waals surface area contributed by atoms with Crippen LogP contribution >= 0.6 is 11.6 Å². The third-order valence-corrected chi connectivity index (χ3v) is 6.14. The highest BCUT2D eigenvalue weighted by Crippen LogP contribution is 2.35. The Morgan fingerprint density at radius 2 is 1.91 bits per heavy atom. The van der Waals surface area contributed by atoms with Crippen LogP contribution in [0.4, 0.5) is 11.6 Å². The van der Waals surface area contributed by atoms with Crippen molar-refractivity contribution in [1.29, 1.82) is 0 Å². The lowest BCUT2D eigenvalue weighted by atomic mass is 10.2. The van der Waals surface area contributed by atoms with Crippen LogP contribution in [0, 0.1) is 0 Å². The van der Waals surface area contributed by atoms with Crippen LogP contribution in [0.15, 0.2) is 64.2 Å². The first kappa shape index (κ1) is 21.1. The zero-order valence-electron chi connectivity index (χ0n) is 18.2. The number of allylic oxidation sites excluding steroid dienone is 1. The van der Waals surface area contributed by atoms with Gasteiger partial charge >= 0.3 is 5.69 Å². The van der Waals surface area contributed by atoms with Crippen LogP contribution < -0.4 is 20.9 Å². The number of hydrogen-bond acceptors (Lipinski definition) is 5. The lowest BCUT2D eigenvalue weighted by Crippen LogP contribution is -2.39. The maximum absolute atomic E-state index is 13.3. The quantitative estimate of drug-likeness (QED) is 0.453. The van der Waals surface area contributed by atoms with E-state index in [1.54, 1.807) is 26.3 Å². The van der Waals surface area contributed by atoms with Gasteiger partial charge in [0.05, 0.1) is 12.1 Å². The van der Waals surface area contributed by atoms with Crippen molar-refractivity contribution in [2.45, 2.75) is 13.1 Å². The van der Waals surface area contributed by atoms with Gasteiger partial charge in [-0.05, 0) is 23.8 Å². The second-order valence-corrected chi connectivity index (χ2v) is 8.18. The van der Waals surface area contributed by atoms with Gasteiger partial charge in [0.15, 0.2) is 11.2 Å². The summed E-state index contributed by atoms with van der Waals surface area (Å²) >= 11 is 6.31. The van der Waals surface area contributed by atoms with E-state index >= 15 is 0 Å². The van der Waals surface area contributed by atoms with Crippen molar-refractivity contribution in [3.63, 3.8) is 0 Å². The average molecular weight is 464 g/mol. The molecule has 0 atom stereocenters. The predicted octanol–water partition coefficient (Wildman–Crippen LogP) is 3.42. The van der Waals surface area contributed by atoms with E-state index in [2.05, 4.69) is 4.98 Å². The molecule has 3 heterocycles. The van der Waals surface area contributed by atoms with Crippen LogP contribution in [0.5, 0.6) is 5.75 Å². The Balaban J connectivity index is 1.57. The molecule has 2 aromatic carbocycles. The molecule has 2 aromatic heterocycles. The van der Waals surface area contributed by atoms with Crippen molar-refractivity contribution in [2.75, 3.05) is 18.6 Å². The van der Waals surface area contributed by atoms with Gasteiger partial charge in [-0.2, -0.15) is 4.98 Å². The Morgan fingerprint density at radius 1 is 1.12 bits per heavy atom. The Bertz CT molecular complexity index is 1500. The van der Waals surface area contributed by atoms with Crippen LogP contribution in [0.1, 0.15) is 5.56 Å². The molecule has 1 aliphatic heterocycles. The van der Waals surface area contributed by atoms with E-state index in [0.29, 0.717) is 41.0 Å². The summed E-state index contributed by atoms with van der Waals surface area (Å²) in [5, 5.41) is 0.490. The number of aromatic nitrogens is 4. The third kappa shape index (κ3) is 3.52.